The van der Waals surface area contributed by atoms with Gasteiger partial charge in [0.15, 0.2) is 0 Å². The first-order valence-corrected chi connectivity index (χ1v) is 5.90. The fourth-order valence-corrected chi connectivity index (χ4v) is 2.37. The van der Waals surface area contributed by atoms with Crippen LogP contribution in [0.25, 0.3) is 0 Å². The highest BCUT2D eigenvalue weighted by Crippen LogP contribution is 2.21. The number of aliphatic imine (C=N–C) groups is 1. The van der Waals surface area contributed by atoms with E-state index in [1.165, 1.54) is 21.0 Å². The number of nitrogens with zero attached hydrogens (tertiary/aromatic N) is 1. The van der Waals surface area contributed by atoms with Crippen LogP contribution in [0.2, 0.25) is 0 Å². The summed E-state index contributed by atoms with van der Waals surface area (Å²) in [7, 11) is 0. The van der Waals surface area contributed by atoms with Gasteiger partial charge in [-0.2, -0.15) is 0 Å². The summed E-state index contributed by atoms with van der Waals surface area (Å²) in [5, 5.41) is 0. The molecule has 0 saturated carbocycles. The molecule has 0 saturated heterocycles. The monoisotopic (exact) mass is 209 g/mol. The van der Waals surface area contributed by atoms with E-state index in [2.05, 4.69) is 45.7 Å². The van der Waals surface area contributed by atoms with Crippen molar-refractivity contribution in [2.45, 2.75) is 34.6 Å². The third-order valence-corrected chi connectivity index (χ3v) is 3.09. The highest BCUT2D eigenvalue weighted by molar-refractivity contribution is 7.12. The molecule has 0 unspecified atom stereocenters. The molecule has 0 radical (unpaired) electrons. The molecule has 0 N–H and O–H groups in total. The van der Waals surface area contributed by atoms with Crippen LogP contribution in [0.4, 0.5) is 0 Å². The molecule has 0 amide bonds. The average Bonchev–Trinajstić information content (AvgIpc) is 2.41. The maximum absolute atomic E-state index is 4.59. The van der Waals surface area contributed by atoms with Gasteiger partial charge in [-0.1, -0.05) is 13.8 Å². The highest BCUT2D eigenvalue weighted by atomic mass is 32.1. The smallest absolute Gasteiger partial charge is 0.0415 e. The van der Waals surface area contributed by atoms with Crippen molar-refractivity contribution >= 4 is 17.0 Å². The molecule has 1 aromatic rings. The molecular weight excluding hydrogens is 190 g/mol. The number of thiophene rings is 1. The van der Waals surface area contributed by atoms with E-state index in [9.17, 15) is 0 Å². The van der Waals surface area contributed by atoms with Crippen LogP contribution >= 0.6 is 11.3 Å². The van der Waals surface area contributed by atoms with Crippen molar-refractivity contribution in [1.82, 2.24) is 0 Å². The number of rotatable bonds is 3. The zero-order chi connectivity index (χ0) is 10.7. The van der Waals surface area contributed by atoms with E-state index >= 15 is 0 Å². The molecule has 0 aliphatic carbocycles. The maximum atomic E-state index is 4.59. The number of hydrogen-bond donors (Lipinski definition) is 0. The van der Waals surface area contributed by atoms with Crippen molar-refractivity contribution in [2.24, 2.45) is 10.9 Å². The normalized spacial score (nSPS) is 12.6. The minimum absolute atomic E-state index is 0.644. The predicted octanol–water partition coefficient (Wildman–Crippen LogP) is 3.83. The molecule has 0 spiro atoms. The van der Waals surface area contributed by atoms with Crippen molar-refractivity contribution in [3.05, 3.63) is 21.4 Å². The number of aryl methyl sites for hydroxylation is 2. The van der Waals surface area contributed by atoms with E-state index in [1.807, 2.05) is 11.3 Å². The standard InChI is InChI=1S/C12H19NS/c1-8(2)7-13-10(4)12-6-9(3)14-11(12)5/h6,8H,7H2,1-5H3. The van der Waals surface area contributed by atoms with Crippen molar-refractivity contribution in [1.29, 1.82) is 0 Å². The van der Waals surface area contributed by atoms with E-state index < -0.39 is 0 Å². The minimum atomic E-state index is 0.644. The van der Waals surface area contributed by atoms with Crippen molar-refractivity contribution in [3.8, 4) is 0 Å². The fourth-order valence-electron chi connectivity index (χ4n) is 1.39. The Balaban J connectivity index is 2.83. The van der Waals surface area contributed by atoms with E-state index in [0.717, 1.165) is 6.54 Å². The lowest BCUT2D eigenvalue weighted by atomic mass is 10.1. The third-order valence-electron chi connectivity index (χ3n) is 2.12. The van der Waals surface area contributed by atoms with Gasteiger partial charge >= 0.3 is 0 Å². The third kappa shape index (κ3) is 2.95. The van der Waals surface area contributed by atoms with E-state index in [4.69, 9.17) is 0 Å². The Hall–Kier alpha value is -0.630. The van der Waals surface area contributed by atoms with E-state index in [0.29, 0.717) is 5.92 Å². The van der Waals surface area contributed by atoms with E-state index in [1.54, 1.807) is 0 Å². The molecule has 1 rings (SSSR count). The van der Waals surface area contributed by atoms with Gasteiger partial charge in [0.05, 0.1) is 0 Å². The fraction of sp³-hybridized carbons (Fsp3) is 0.583. The predicted molar refractivity (Wildman–Crippen MR) is 65.7 cm³/mol. The summed E-state index contributed by atoms with van der Waals surface area (Å²) >= 11 is 1.85. The molecule has 78 valence electrons. The van der Waals surface area contributed by atoms with Crippen LogP contribution in [-0.4, -0.2) is 12.3 Å². The first-order valence-electron chi connectivity index (χ1n) is 5.09. The summed E-state index contributed by atoms with van der Waals surface area (Å²) in [6.45, 7) is 11.8. The Morgan fingerprint density at radius 1 is 1.43 bits per heavy atom. The van der Waals surface area contributed by atoms with Gasteiger partial charge in [-0.05, 0) is 32.8 Å². The quantitative estimate of drug-likeness (QED) is 0.671. The van der Waals surface area contributed by atoms with Gasteiger partial charge in [-0.15, -0.1) is 11.3 Å². The molecule has 14 heavy (non-hydrogen) atoms. The molecule has 1 heterocycles. The van der Waals surface area contributed by atoms with Crippen LogP contribution in [0.5, 0.6) is 0 Å². The number of hydrogen-bond acceptors (Lipinski definition) is 2. The van der Waals surface area contributed by atoms with Gasteiger partial charge in [0, 0.05) is 27.6 Å². The summed E-state index contributed by atoms with van der Waals surface area (Å²) in [6.07, 6.45) is 0. The van der Waals surface area contributed by atoms with Crippen molar-refractivity contribution in [2.75, 3.05) is 6.54 Å². The maximum Gasteiger partial charge on any atom is 0.0415 e. The lowest BCUT2D eigenvalue weighted by molar-refractivity contribution is 0.665. The van der Waals surface area contributed by atoms with Crippen molar-refractivity contribution in [3.63, 3.8) is 0 Å². The summed E-state index contributed by atoms with van der Waals surface area (Å²) < 4.78 is 0. The minimum Gasteiger partial charge on any atom is -0.289 e. The molecule has 0 bridgehead atoms. The lowest BCUT2D eigenvalue weighted by Gasteiger charge is -2.02. The van der Waals surface area contributed by atoms with Crippen LogP contribution < -0.4 is 0 Å². The zero-order valence-electron chi connectivity index (χ0n) is 9.72. The molecule has 0 fully saturated rings. The molecule has 0 aliphatic rings. The van der Waals surface area contributed by atoms with E-state index in [-0.39, 0.29) is 0 Å². The van der Waals surface area contributed by atoms with Gasteiger partial charge < -0.3 is 0 Å². The van der Waals surface area contributed by atoms with Crippen molar-refractivity contribution < 1.29 is 0 Å². The molecule has 1 aromatic heterocycles. The van der Waals surface area contributed by atoms with Crippen LogP contribution in [-0.2, 0) is 0 Å². The van der Waals surface area contributed by atoms with Gasteiger partial charge in [0.25, 0.3) is 0 Å². The van der Waals surface area contributed by atoms with Crippen LogP contribution in [0.15, 0.2) is 11.1 Å². The Morgan fingerprint density at radius 3 is 2.50 bits per heavy atom. The Morgan fingerprint density at radius 2 is 2.07 bits per heavy atom. The Kier molecular flexibility index (Phi) is 3.87. The summed E-state index contributed by atoms with van der Waals surface area (Å²) in [6, 6.07) is 2.24. The second-order valence-electron chi connectivity index (χ2n) is 4.15. The second-order valence-corrected chi connectivity index (χ2v) is 5.61. The SMILES string of the molecule is CC(=NCC(C)C)c1cc(C)sc1C. The first kappa shape index (κ1) is 11.4. The Labute approximate surface area is 90.9 Å². The van der Waals surface area contributed by atoms with Gasteiger partial charge in [0.1, 0.15) is 0 Å². The highest BCUT2D eigenvalue weighted by Gasteiger charge is 2.05. The Bertz CT molecular complexity index is 334. The summed E-state index contributed by atoms with van der Waals surface area (Å²) in [5.41, 5.74) is 2.51. The average molecular weight is 209 g/mol. The van der Waals surface area contributed by atoms with Gasteiger partial charge in [-0.3, -0.25) is 4.99 Å². The summed E-state index contributed by atoms with van der Waals surface area (Å²) in [4.78, 5) is 7.35. The van der Waals surface area contributed by atoms with Crippen LogP contribution in [0, 0.1) is 19.8 Å². The lowest BCUT2D eigenvalue weighted by Crippen LogP contribution is -2.00. The molecule has 2 heteroatoms. The van der Waals surface area contributed by atoms with Crippen LogP contribution in [0.1, 0.15) is 36.1 Å². The summed E-state index contributed by atoms with van der Waals surface area (Å²) in [5.74, 6) is 0.644. The molecular formula is C12H19NS. The van der Waals surface area contributed by atoms with Gasteiger partial charge in [0.2, 0.25) is 0 Å². The second kappa shape index (κ2) is 4.74. The molecule has 1 nitrogen and oxygen atoms in total. The topological polar surface area (TPSA) is 12.4 Å². The zero-order valence-corrected chi connectivity index (χ0v) is 10.5. The molecule has 0 aliphatic heterocycles. The first-order chi connectivity index (χ1) is 6.50. The largest absolute Gasteiger partial charge is 0.289 e. The van der Waals surface area contributed by atoms with Crippen LogP contribution in [0.3, 0.4) is 0 Å². The molecule has 0 atom stereocenters. The molecule has 0 aromatic carbocycles. The van der Waals surface area contributed by atoms with Gasteiger partial charge in [-0.25, -0.2) is 0 Å².